The van der Waals surface area contributed by atoms with Crippen LogP contribution in [-0.4, -0.2) is 40.5 Å². The van der Waals surface area contributed by atoms with Crippen molar-refractivity contribution in [2.45, 2.75) is 6.42 Å². The second-order valence-corrected chi connectivity index (χ2v) is 5.65. The summed E-state index contributed by atoms with van der Waals surface area (Å²) in [4.78, 5) is 28.3. The quantitative estimate of drug-likeness (QED) is 0.917. The van der Waals surface area contributed by atoms with Gasteiger partial charge in [-0.2, -0.15) is 0 Å². The van der Waals surface area contributed by atoms with Crippen molar-refractivity contribution in [3.8, 4) is 10.6 Å². The third-order valence-corrected chi connectivity index (χ3v) is 4.04. The molecule has 1 N–H and O–H groups in total. The van der Waals surface area contributed by atoms with Crippen LogP contribution in [0.1, 0.15) is 16.9 Å². The van der Waals surface area contributed by atoms with E-state index in [-0.39, 0.29) is 18.9 Å². The van der Waals surface area contributed by atoms with Gasteiger partial charge in [0, 0.05) is 24.5 Å². The maximum absolute atomic E-state index is 12.1. The molecule has 0 unspecified atom stereocenters. The summed E-state index contributed by atoms with van der Waals surface area (Å²) in [5, 5.41) is 11.5. The zero-order valence-corrected chi connectivity index (χ0v) is 12.8. The normalized spacial score (nSPS) is 10.4. The number of hydrogen-bond donors (Lipinski definition) is 1. The average Bonchev–Trinajstić information content (AvgIpc) is 2.94. The van der Waals surface area contributed by atoms with E-state index in [1.165, 1.54) is 16.2 Å². The lowest BCUT2D eigenvalue weighted by molar-refractivity contribution is -0.137. The van der Waals surface area contributed by atoms with E-state index in [4.69, 9.17) is 16.7 Å². The number of amides is 1. The van der Waals surface area contributed by atoms with Crippen LogP contribution in [0.25, 0.3) is 10.6 Å². The van der Waals surface area contributed by atoms with Crippen LogP contribution in [0.5, 0.6) is 0 Å². The van der Waals surface area contributed by atoms with Gasteiger partial charge in [0.1, 0.15) is 10.7 Å². The summed E-state index contributed by atoms with van der Waals surface area (Å²) in [6, 6.07) is 7.27. The number of halogens is 1. The Kier molecular flexibility index (Phi) is 4.93. The Morgan fingerprint density at radius 2 is 2.10 bits per heavy atom. The number of benzene rings is 1. The van der Waals surface area contributed by atoms with E-state index in [0.717, 1.165) is 5.56 Å². The molecule has 2 aromatic rings. The van der Waals surface area contributed by atoms with Crippen molar-refractivity contribution in [3.63, 3.8) is 0 Å². The van der Waals surface area contributed by atoms with Crippen molar-refractivity contribution in [2.75, 3.05) is 13.6 Å². The minimum atomic E-state index is -0.940. The van der Waals surface area contributed by atoms with Gasteiger partial charge < -0.3 is 10.0 Å². The van der Waals surface area contributed by atoms with Gasteiger partial charge in [-0.15, -0.1) is 11.3 Å². The minimum absolute atomic E-state index is 0.0935. The highest BCUT2D eigenvalue weighted by Gasteiger charge is 2.17. The number of nitrogens with zero attached hydrogens (tertiary/aromatic N) is 2. The van der Waals surface area contributed by atoms with E-state index in [0.29, 0.717) is 15.7 Å². The molecule has 0 fully saturated rings. The predicted octanol–water partition coefficient (Wildman–Crippen LogP) is 3.01. The fourth-order valence-corrected chi connectivity index (χ4v) is 2.80. The van der Waals surface area contributed by atoms with Crippen LogP contribution in [0.4, 0.5) is 0 Å². The summed E-state index contributed by atoms with van der Waals surface area (Å²) in [7, 11) is 1.56. The molecule has 0 bridgehead atoms. The van der Waals surface area contributed by atoms with Crippen LogP contribution in [0.15, 0.2) is 29.6 Å². The monoisotopic (exact) mass is 324 g/mol. The molecule has 0 aliphatic carbocycles. The number of carbonyl (C=O) groups excluding carboxylic acids is 1. The summed E-state index contributed by atoms with van der Waals surface area (Å²) in [6.45, 7) is 0.146. The number of rotatable bonds is 5. The second kappa shape index (κ2) is 6.69. The van der Waals surface area contributed by atoms with Gasteiger partial charge in [-0.3, -0.25) is 9.59 Å². The van der Waals surface area contributed by atoms with Gasteiger partial charge in [0.2, 0.25) is 0 Å². The van der Waals surface area contributed by atoms with Crippen LogP contribution in [0, 0.1) is 0 Å². The fourth-order valence-electron chi connectivity index (χ4n) is 1.69. The molecule has 1 amide bonds. The highest BCUT2D eigenvalue weighted by Crippen LogP contribution is 2.30. The fraction of sp³-hybridized carbons (Fsp3) is 0.214. The van der Waals surface area contributed by atoms with Crippen LogP contribution in [0.2, 0.25) is 5.02 Å². The zero-order valence-electron chi connectivity index (χ0n) is 11.2. The molecule has 0 spiro atoms. The van der Waals surface area contributed by atoms with Crippen LogP contribution in [0.3, 0.4) is 0 Å². The smallest absolute Gasteiger partial charge is 0.305 e. The zero-order chi connectivity index (χ0) is 15.4. The third kappa shape index (κ3) is 3.80. The van der Waals surface area contributed by atoms with Gasteiger partial charge in [-0.1, -0.05) is 29.8 Å². The van der Waals surface area contributed by atoms with Crippen molar-refractivity contribution < 1.29 is 14.7 Å². The molecule has 1 heterocycles. The molecule has 110 valence electrons. The number of carboxylic acids is 1. The summed E-state index contributed by atoms with van der Waals surface area (Å²) in [5.41, 5.74) is 1.07. The lowest BCUT2D eigenvalue weighted by Gasteiger charge is -2.14. The Morgan fingerprint density at radius 1 is 1.38 bits per heavy atom. The van der Waals surface area contributed by atoms with E-state index in [9.17, 15) is 9.59 Å². The molecule has 21 heavy (non-hydrogen) atoms. The molecule has 1 aromatic carbocycles. The molecule has 0 aliphatic rings. The number of aliphatic carboxylic acids is 1. The van der Waals surface area contributed by atoms with Gasteiger partial charge >= 0.3 is 5.97 Å². The summed E-state index contributed by atoms with van der Waals surface area (Å²) in [6.07, 6.45) is -0.0935. The number of hydrogen-bond acceptors (Lipinski definition) is 4. The Bertz CT molecular complexity index is 672. The van der Waals surface area contributed by atoms with Crippen LogP contribution < -0.4 is 0 Å². The summed E-state index contributed by atoms with van der Waals surface area (Å²) >= 11 is 7.43. The molecular weight excluding hydrogens is 312 g/mol. The number of carboxylic acid groups (broad SMARTS) is 1. The Hall–Kier alpha value is -1.92. The van der Waals surface area contributed by atoms with E-state index in [1.807, 2.05) is 18.2 Å². The second-order valence-electron chi connectivity index (χ2n) is 4.39. The molecule has 7 heteroatoms. The molecule has 0 radical (unpaired) electrons. The highest BCUT2D eigenvalue weighted by atomic mass is 35.5. The van der Waals surface area contributed by atoms with Crippen molar-refractivity contribution in [3.05, 3.63) is 40.4 Å². The lowest BCUT2D eigenvalue weighted by atomic mass is 10.2. The largest absolute Gasteiger partial charge is 0.481 e. The standard InChI is InChI=1S/C14H13ClN2O3S/c1-17(7-6-12(18)19)14(20)11-8-21-13(16-11)9-4-2-3-5-10(9)15/h2-5,8H,6-7H2,1H3,(H,18,19). The van der Waals surface area contributed by atoms with Crippen molar-refractivity contribution >= 4 is 34.8 Å². The minimum Gasteiger partial charge on any atom is -0.481 e. The summed E-state index contributed by atoms with van der Waals surface area (Å²) in [5.74, 6) is -1.24. The molecule has 1 aromatic heterocycles. The SMILES string of the molecule is CN(CCC(=O)O)C(=O)c1csc(-c2ccccc2Cl)n1. The Labute approximate surface area is 130 Å². The first-order valence-corrected chi connectivity index (χ1v) is 7.42. The third-order valence-electron chi connectivity index (χ3n) is 2.84. The first-order chi connectivity index (χ1) is 9.99. The predicted molar refractivity (Wildman–Crippen MR) is 81.8 cm³/mol. The van der Waals surface area contributed by atoms with Gasteiger partial charge in [0.05, 0.1) is 11.4 Å². The van der Waals surface area contributed by atoms with Crippen molar-refractivity contribution in [1.82, 2.24) is 9.88 Å². The molecular formula is C14H13ClN2O3S. The van der Waals surface area contributed by atoms with Crippen LogP contribution in [-0.2, 0) is 4.79 Å². The van der Waals surface area contributed by atoms with Crippen LogP contribution >= 0.6 is 22.9 Å². The number of carbonyl (C=O) groups is 2. The van der Waals surface area contributed by atoms with E-state index >= 15 is 0 Å². The van der Waals surface area contributed by atoms with E-state index < -0.39 is 5.97 Å². The average molecular weight is 325 g/mol. The van der Waals surface area contributed by atoms with Gasteiger partial charge in [0.25, 0.3) is 5.91 Å². The molecule has 5 nitrogen and oxygen atoms in total. The van der Waals surface area contributed by atoms with Gasteiger partial charge in [-0.25, -0.2) is 4.98 Å². The molecule has 0 saturated carbocycles. The topological polar surface area (TPSA) is 70.5 Å². The number of thiazole rings is 1. The van der Waals surface area contributed by atoms with E-state index in [1.54, 1.807) is 18.5 Å². The van der Waals surface area contributed by atoms with Gasteiger partial charge in [0.15, 0.2) is 0 Å². The first-order valence-electron chi connectivity index (χ1n) is 6.16. The van der Waals surface area contributed by atoms with E-state index in [2.05, 4.69) is 4.98 Å². The lowest BCUT2D eigenvalue weighted by Crippen LogP contribution is -2.29. The first kappa shape index (κ1) is 15.5. The number of aromatic nitrogens is 1. The summed E-state index contributed by atoms with van der Waals surface area (Å²) < 4.78 is 0. The molecule has 0 atom stereocenters. The maximum Gasteiger partial charge on any atom is 0.305 e. The molecule has 2 rings (SSSR count). The maximum atomic E-state index is 12.1. The molecule has 0 saturated heterocycles. The van der Waals surface area contributed by atoms with Crippen molar-refractivity contribution in [1.29, 1.82) is 0 Å². The van der Waals surface area contributed by atoms with Gasteiger partial charge in [-0.05, 0) is 6.07 Å². The Balaban J connectivity index is 2.14. The highest BCUT2D eigenvalue weighted by molar-refractivity contribution is 7.13. The van der Waals surface area contributed by atoms with Crippen molar-refractivity contribution in [2.24, 2.45) is 0 Å². The Morgan fingerprint density at radius 3 is 2.76 bits per heavy atom. The molecule has 0 aliphatic heterocycles.